The van der Waals surface area contributed by atoms with Crippen LogP contribution in [0.2, 0.25) is 0 Å². The Morgan fingerprint density at radius 3 is 1.87 bits per heavy atom. The number of rotatable bonds is 23. The van der Waals surface area contributed by atoms with Crippen molar-refractivity contribution in [3.8, 4) is 17.2 Å². The smallest absolute Gasteiger partial charge is 0.456 e. The largest absolute Gasteiger partial charge is 0.508 e. The summed E-state index contributed by atoms with van der Waals surface area (Å²) >= 11 is 0.917. The zero-order chi connectivity index (χ0) is 51.0. The second kappa shape index (κ2) is 24.3. The van der Waals surface area contributed by atoms with Gasteiger partial charge in [-0.15, -0.1) is 11.8 Å². The molecule has 0 radical (unpaired) electrons. The lowest BCUT2D eigenvalue weighted by atomic mass is 9.73. The van der Waals surface area contributed by atoms with Crippen LogP contribution in [0.3, 0.4) is 0 Å². The topological polar surface area (TPSA) is 252 Å². The maximum atomic E-state index is 15.4. The maximum Gasteiger partial charge on any atom is 0.508 e. The first-order chi connectivity index (χ1) is 34.2. The van der Waals surface area contributed by atoms with Gasteiger partial charge in [0.2, 0.25) is 11.3 Å². The standard InChI is InChI=1S/C49H45N4O16PS/c1-34(2)31-63-44(55)43(70(67-39-16-7-4-8-17-39,68-40-18-9-5-10-19-40)69-41-20-11-6-12-21-41)51-45(56)49(27-29-54,35(3)66-48(58)65-33-37-15-13-14-22-42(37)53(61)62)46(51)71-30-28-50-47(57)64-32-36-23-25-38(26-24-36)52(59)60/h4-27,35,46H,1,28,30-33H2,2-3H3,(H,50,57). The van der Waals surface area contributed by atoms with Crippen LogP contribution < -0.4 is 18.9 Å². The van der Waals surface area contributed by atoms with Crippen LogP contribution in [-0.4, -0.2) is 80.6 Å². The number of hydrogen-bond acceptors (Lipinski definition) is 17. The molecule has 5 aromatic rings. The Bertz CT molecular complexity index is 2740. The molecule has 0 bridgehead atoms. The van der Waals surface area contributed by atoms with Crippen LogP contribution in [0.5, 0.6) is 17.2 Å². The molecule has 1 saturated heterocycles. The molecule has 3 unspecified atom stereocenters. The van der Waals surface area contributed by atoms with Crippen LogP contribution in [0.15, 0.2) is 158 Å². The molecule has 0 aromatic heterocycles. The first-order valence-electron chi connectivity index (χ1n) is 21.4. The summed E-state index contributed by atoms with van der Waals surface area (Å²) in [5.41, 5.74) is -2.35. The third-order valence-electron chi connectivity index (χ3n) is 10.2. The summed E-state index contributed by atoms with van der Waals surface area (Å²) in [6.07, 6.45) is -3.02. The molecular formula is C49H45N4O16PS. The minimum absolute atomic E-state index is 0.0331. The number of thioether (sulfide) groups is 1. The Morgan fingerprint density at radius 2 is 1.35 bits per heavy atom. The lowest BCUT2D eigenvalue weighted by molar-refractivity contribution is -0.385. The molecule has 1 aliphatic rings. The second-order valence-corrected chi connectivity index (χ2v) is 18.4. The van der Waals surface area contributed by atoms with Crippen molar-refractivity contribution in [1.29, 1.82) is 0 Å². The summed E-state index contributed by atoms with van der Waals surface area (Å²) in [6.45, 7) is 5.39. The molecule has 1 aliphatic heterocycles. The van der Waals surface area contributed by atoms with E-state index in [1.165, 1.54) is 55.5 Å². The van der Waals surface area contributed by atoms with Crippen molar-refractivity contribution < 1.29 is 66.3 Å². The first kappa shape index (κ1) is 52.0. The van der Waals surface area contributed by atoms with Gasteiger partial charge in [-0.05, 0) is 79.6 Å². The molecule has 22 heteroatoms. The highest BCUT2D eigenvalue weighted by Crippen LogP contribution is 2.58. The monoisotopic (exact) mass is 1010 g/mol. The van der Waals surface area contributed by atoms with Crippen molar-refractivity contribution in [3.63, 3.8) is 0 Å². The van der Waals surface area contributed by atoms with E-state index in [-0.39, 0.29) is 59.7 Å². The molecule has 368 valence electrons. The molecule has 71 heavy (non-hydrogen) atoms. The van der Waals surface area contributed by atoms with E-state index in [1.54, 1.807) is 104 Å². The summed E-state index contributed by atoms with van der Waals surface area (Å²) in [5, 5.41) is 23.9. The number of benzene rings is 5. The Labute approximate surface area is 410 Å². The summed E-state index contributed by atoms with van der Waals surface area (Å²) in [4.78, 5) is 91.8. The average molecular weight is 1010 g/mol. The van der Waals surface area contributed by atoms with Crippen molar-refractivity contribution >= 4 is 66.2 Å². The number of carbonyl (C=O) groups excluding carboxylic acids is 5. The van der Waals surface area contributed by atoms with Gasteiger partial charge in [0.05, 0.1) is 15.4 Å². The molecule has 0 saturated carbocycles. The Hall–Kier alpha value is -8.38. The molecule has 20 nitrogen and oxygen atoms in total. The van der Waals surface area contributed by atoms with Crippen molar-refractivity contribution in [2.75, 3.05) is 18.9 Å². The van der Waals surface area contributed by atoms with Gasteiger partial charge in [0, 0.05) is 36.6 Å². The van der Waals surface area contributed by atoms with Gasteiger partial charge in [-0.1, -0.05) is 73.3 Å². The van der Waals surface area contributed by atoms with E-state index in [0.29, 0.717) is 11.1 Å². The van der Waals surface area contributed by atoms with Gasteiger partial charge in [-0.2, -0.15) is 0 Å². The number of carbonyl (C=O) groups is 4. The number of para-hydroxylation sites is 4. The zero-order valence-corrected chi connectivity index (χ0v) is 39.7. The van der Waals surface area contributed by atoms with Crippen molar-refractivity contribution in [1.82, 2.24) is 10.2 Å². The van der Waals surface area contributed by atoms with E-state index >= 15 is 4.79 Å². The van der Waals surface area contributed by atoms with Gasteiger partial charge in [0.1, 0.15) is 59.9 Å². The van der Waals surface area contributed by atoms with Crippen LogP contribution in [0.1, 0.15) is 25.0 Å². The fourth-order valence-corrected chi connectivity index (χ4v) is 10.6. The van der Waals surface area contributed by atoms with E-state index in [1.807, 2.05) is 0 Å². The molecule has 1 fully saturated rings. The average Bonchev–Trinajstić information content (AvgIpc) is 3.36. The van der Waals surface area contributed by atoms with Crippen LogP contribution >= 0.6 is 19.3 Å². The number of β-lactam (4-membered cyclic amide) rings is 1. The number of nitrogens with one attached hydrogen (secondary N) is 1. The highest BCUT2D eigenvalue weighted by Gasteiger charge is 2.68. The van der Waals surface area contributed by atoms with Crippen LogP contribution in [0.25, 0.3) is 0 Å². The molecular weight excluding hydrogens is 964 g/mol. The number of nitro benzene ring substituents is 2. The lowest BCUT2D eigenvalue weighted by Crippen LogP contribution is -2.74. The normalized spacial score (nSPS) is 15.3. The molecule has 1 heterocycles. The van der Waals surface area contributed by atoms with Crippen LogP contribution in [-0.2, 0) is 46.5 Å². The number of esters is 1. The Kier molecular flexibility index (Phi) is 17.8. The van der Waals surface area contributed by atoms with E-state index in [0.717, 1.165) is 22.7 Å². The number of nitrogens with zero attached hydrogens (tertiary/aromatic N) is 3. The van der Waals surface area contributed by atoms with Crippen molar-refractivity contribution in [2.45, 2.75) is 38.5 Å². The van der Waals surface area contributed by atoms with Gasteiger partial charge in [0.25, 0.3) is 11.4 Å². The number of nitro groups is 2. The number of alkyl carbamates (subject to hydrolysis) is 1. The van der Waals surface area contributed by atoms with Crippen LogP contribution in [0.4, 0.5) is 21.0 Å². The van der Waals surface area contributed by atoms with E-state index in [4.69, 9.17) is 32.5 Å². The van der Waals surface area contributed by atoms with E-state index < -0.39 is 70.5 Å². The van der Waals surface area contributed by atoms with Gasteiger partial charge < -0.3 is 37.8 Å². The highest BCUT2D eigenvalue weighted by atomic mass is 32.2. The predicted molar refractivity (Wildman–Crippen MR) is 260 cm³/mol. The minimum Gasteiger partial charge on any atom is -0.456 e. The molecule has 0 spiro atoms. The van der Waals surface area contributed by atoms with Crippen LogP contribution in [0, 0.1) is 25.6 Å². The van der Waals surface area contributed by atoms with Crippen molar-refractivity contribution in [2.24, 2.45) is 5.41 Å². The van der Waals surface area contributed by atoms with Gasteiger partial charge in [-0.25, -0.2) is 19.2 Å². The van der Waals surface area contributed by atoms with Gasteiger partial charge in [0.15, 0.2) is 0 Å². The molecule has 0 aliphatic carbocycles. The summed E-state index contributed by atoms with van der Waals surface area (Å²) in [5.74, 6) is -0.240. The summed E-state index contributed by atoms with van der Waals surface area (Å²) < 4.78 is 42.1. The SMILES string of the molecule is C=C(C)COC(=O)C(N1C(=O)C(C=C=O)(C(C)OC(=O)OCc2ccccc2[N+](=O)[O-])C1SCCNC(=O)OCc1ccc([N+](=O)[O-])cc1)=P(Oc1ccccc1)(Oc1ccccc1)Oc1ccccc1. The highest BCUT2D eigenvalue weighted by molar-refractivity contribution is 8.00. The third kappa shape index (κ3) is 13.0. The zero-order valence-electron chi connectivity index (χ0n) is 38.0. The Morgan fingerprint density at radius 1 is 0.803 bits per heavy atom. The molecule has 1 N–H and O–H groups in total. The molecule has 6 rings (SSSR count). The van der Waals surface area contributed by atoms with Gasteiger partial charge in [-0.3, -0.25) is 29.9 Å². The summed E-state index contributed by atoms with van der Waals surface area (Å²) in [7, 11) is -4.60. The summed E-state index contributed by atoms with van der Waals surface area (Å²) in [6, 6.07) is 35.4. The quantitative estimate of drug-likeness (QED) is 0.00737. The Balaban J connectivity index is 1.44. The lowest BCUT2D eigenvalue weighted by Gasteiger charge is -2.55. The number of ether oxygens (including phenoxy) is 4. The number of non-ortho nitro benzene ring substituents is 1. The molecule has 5 aromatic carbocycles. The fraction of sp³-hybridized carbons (Fsp3) is 0.204. The van der Waals surface area contributed by atoms with E-state index in [9.17, 15) is 39.4 Å². The second-order valence-electron chi connectivity index (χ2n) is 15.3. The third-order valence-corrected chi connectivity index (χ3v) is 13.8. The fourth-order valence-electron chi connectivity index (χ4n) is 6.81. The van der Waals surface area contributed by atoms with E-state index in [2.05, 4.69) is 11.9 Å². The number of amides is 2. The number of hydrogen-bond donors (Lipinski definition) is 1. The number of likely N-dealkylation sites (tertiary alicyclic amines) is 1. The molecule has 3 atom stereocenters. The minimum atomic E-state index is -4.60. The maximum absolute atomic E-state index is 15.4. The van der Waals surface area contributed by atoms with Crippen molar-refractivity contribution in [3.05, 3.63) is 189 Å². The van der Waals surface area contributed by atoms with Gasteiger partial charge >= 0.3 is 25.8 Å². The molecule has 2 amide bonds. The first-order valence-corrected chi connectivity index (χ1v) is 24.0. The predicted octanol–water partition coefficient (Wildman–Crippen LogP) is 9.00.